The summed E-state index contributed by atoms with van der Waals surface area (Å²) < 4.78 is 1.50. The number of pyridine rings is 1. The molecule has 1 saturated carbocycles. The average Bonchev–Trinajstić information content (AvgIpc) is 3.02. The fourth-order valence-electron chi connectivity index (χ4n) is 3.22. The number of anilines is 2. The monoisotopic (exact) mass is 341 g/mol. The Labute approximate surface area is 146 Å². The minimum atomic E-state index is -0.199. The molecule has 0 aliphatic heterocycles. The van der Waals surface area contributed by atoms with Gasteiger partial charge in [-0.2, -0.15) is 5.10 Å². The molecule has 0 spiro atoms. The summed E-state index contributed by atoms with van der Waals surface area (Å²) >= 11 is 0. The number of hydrogen-bond acceptors (Lipinski definition) is 4. The summed E-state index contributed by atoms with van der Waals surface area (Å²) in [6, 6.07) is 3.52. The van der Waals surface area contributed by atoms with Gasteiger partial charge in [0.2, 0.25) is 11.8 Å². The van der Waals surface area contributed by atoms with Crippen LogP contribution in [-0.4, -0.2) is 26.6 Å². The minimum Gasteiger partial charge on any atom is -0.323 e. The van der Waals surface area contributed by atoms with Gasteiger partial charge in [-0.15, -0.1) is 0 Å². The Morgan fingerprint density at radius 1 is 1.24 bits per heavy atom. The third kappa shape index (κ3) is 4.89. The highest BCUT2D eigenvalue weighted by atomic mass is 16.2. The van der Waals surface area contributed by atoms with Crippen LogP contribution in [0.3, 0.4) is 0 Å². The van der Waals surface area contributed by atoms with Gasteiger partial charge in [-0.25, -0.2) is 0 Å². The van der Waals surface area contributed by atoms with Crippen LogP contribution >= 0.6 is 0 Å². The van der Waals surface area contributed by atoms with E-state index >= 15 is 0 Å². The van der Waals surface area contributed by atoms with Crippen molar-refractivity contribution in [1.29, 1.82) is 0 Å². The average molecular weight is 341 g/mol. The normalized spacial score (nSPS) is 20.0. The van der Waals surface area contributed by atoms with Crippen LogP contribution in [0.25, 0.3) is 0 Å². The Balaban J connectivity index is 1.51. The molecule has 1 aliphatic carbocycles. The second-order valence-electron chi connectivity index (χ2n) is 6.67. The third-order valence-electron chi connectivity index (χ3n) is 4.46. The highest BCUT2D eigenvalue weighted by molar-refractivity contribution is 5.92. The molecule has 0 unspecified atom stereocenters. The summed E-state index contributed by atoms with van der Waals surface area (Å²) in [4.78, 5) is 28.3. The van der Waals surface area contributed by atoms with Crippen molar-refractivity contribution in [2.24, 2.45) is 11.8 Å². The van der Waals surface area contributed by atoms with Crippen LogP contribution in [0.4, 0.5) is 11.4 Å². The lowest BCUT2D eigenvalue weighted by Gasteiger charge is -2.25. The van der Waals surface area contributed by atoms with Crippen LogP contribution in [0.1, 0.15) is 32.6 Å². The van der Waals surface area contributed by atoms with Gasteiger partial charge in [-0.1, -0.05) is 19.8 Å². The molecule has 2 amide bonds. The zero-order chi connectivity index (χ0) is 17.6. The van der Waals surface area contributed by atoms with Crippen molar-refractivity contribution in [3.63, 3.8) is 0 Å². The molecule has 2 N–H and O–H groups in total. The molecule has 132 valence electrons. The Hall–Kier alpha value is -2.70. The summed E-state index contributed by atoms with van der Waals surface area (Å²) in [5.41, 5.74) is 1.26. The highest BCUT2D eigenvalue weighted by Crippen LogP contribution is 2.29. The van der Waals surface area contributed by atoms with Crippen molar-refractivity contribution in [1.82, 2.24) is 14.8 Å². The SMILES string of the molecule is C[C@H]1CCC[C@@H](C(=O)Nc2cnn(CC(=O)Nc3cccnc3)c2)C1. The molecule has 0 aromatic carbocycles. The molecule has 2 atom stereocenters. The molecular weight excluding hydrogens is 318 g/mol. The van der Waals surface area contributed by atoms with E-state index in [1.807, 2.05) is 0 Å². The molecule has 2 heterocycles. The smallest absolute Gasteiger partial charge is 0.246 e. The van der Waals surface area contributed by atoms with Gasteiger partial charge < -0.3 is 10.6 Å². The van der Waals surface area contributed by atoms with Crippen LogP contribution in [0, 0.1) is 11.8 Å². The summed E-state index contributed by atoms with van der Waals surface area (Å²) in [6.07, 6.45) is 10.7. The molecule has 1 fully saturated rings. The Kier molecular flexibility index (Phi) is 5.42. The van der Waals surface area contributed by atoms with Gasteiger partial charge in [0.1, 0.15) is 6.54 Å². The number of rotatable bonds is 5. The van der Waals surface area contributed by atoms with Gasteiger partial charge in [-0.3, -0.25) is 19.3 Å². The molecule has 3 rings (SSSR count). The number of hydrogen-bond donors (Lipinski definition) is 2. The van der Waals surface area contributed by atoms with Gasteiger partial charge in [0.15, 0.2) is 0 Å². The maximum Gasteiger partial charge on any atom is 0.246 e. The molecule has 2 aromatic heterocycles. The van der Waals surface area contributed by atoms with Crippen molar-refractivity contribution in [3.8, 4) is 0 Å². The van der Waals surface area contributed by atoms with E-state index in [4.69, 9.17) is 0 Å². The third-order valence-corrected chi connectivity index (χ3v) is 4.46. The standard InChI is InChI=1S/C18H23N5O2/c1-13-4-2-5-14(8-13)18(25)22-16-10-20-23(11-16)12-17(24)21-15-6-3-7-19-9-15/h3,6-7,9-11,13-14H,2,4-5,8,12H2,1H3,(H,21,24)(H,22,25)/t13-,14+/m0/s1. The van der Waals surface area contributed by atoms with Crippen molar-refractivity contribution in [2.75, 3.05) is 10.6 Å². The first-order valence-electron chi connectivity index (χ1n) is 8.63. The van der Waals surface area contributed by atoms with E-state index in [-0.39, 0.29) is 24.3 Å². The van der Waals surface area contributed by atoms with Gasteiger partial charge in [0.25, 0.3) is 0 Å². The van der Waals surface area contributed by atoms with Crippen LogP contribution < -0.4 is 10.6 Å². The fourth-order valence-corrected chi connectivity index (χ4v) is 3.22. The second-order valence-corrected chi connectivity index (χ2v) is 6.67. The van der Waals surface area contributed by atoms with E-state index in [2.05, 4.69) is 27.6 Å². The molecule has 0 bridgehead atoms. The summed E-state index contributed by atoms with van der Waals surface area (Å²) in [7, 11) is 0. The van der Waals surface area contributed by atoms with Gasteiger partial charge >= 0.3 is 0 Å². The van der Waals surface area contributed by atoms with E-state index in [0.717, 1.165) is 19.3 Å². The van der Waals surface area contributed by atoms with Gasteiger partial charge in [-0.05, 0) is 30.9 Å². The summed E-state index contributed by atoms with van der Waals surface area (Å²) in [5, 5.41) is 9.80. The maximum atomic E-state index is 12.4. The zero-order valence-corrected chi connectivity index (χ0v) is 14.3. The van der Waals surface area contributed by atoms with Crippen molar-refractivity contribution >= 4 is 23.2 Å². The largest absolute Gasteiger partial charge is 0.323 e. The van der Waals surface area contributed by atoms with Crippen molar-refractivity contribution in [3.05, 3.63) is 36.9 Å². The summed E-state index contributed by atoms with van der Waals surface area (Å²) in [5.74, 6) is 0.519. The van der Waals surface area contributed by atoms with Crippen LogP contribution in [0.5, 0.6) is 0 Å². The Bertz CT molecular complexity index is 728. The number of amides is 2. The number of nitrogens with zero attached hydrogens (tertiary/aromatic N) is 3. The van der Waals surface area contributed by atoms with E-state index in [9.17, 15) is 9.59 Å². The summed E-state index contributed by atoms with van der Waals surface area (Å²) in [6.45, 7) is 2.27. The number of carbonyl (C=O) groups excluding carboxylic acids is 2. The molecule has 1 aliphatic rings. The lowest BCUT2D eigenvalue weighted by Crippen LogP contribution is -2.27. The maximum absolute atomic E-state index is 12.4. The fraction of sp³-hybridized carbons (Fsp3) is 0.444. The quantitative estimate of drug-likeness (QED) is 0.875. The molecule has 0 saturated heterocycles. The lowest BCUT2D eigenvalue weighted by atomic mass is 9.82. The van der Waals surface area contributed by atoms with E-state index in [0.29, 0.717) is 17.3 Å². The predicted molar refractivity (Wildman–Crippen MR) is 94.8 cm³/mol. The van der Waals surface area contributed by atoms with Crippen LogP contribution in [-0.2, 0) is 16.1 Å². The van der Waals surface area contributed by atoms with Gasteiger partial charge in [0.05, 0.1) is 23.8 Å². The molecule has 7 nitrogen and oxygen atoms in total. The molecule has 25 heavy (non-hydrogen) atoms. The zero-order valence-electron chi connectivity index (χ0n) is 14.3. The number of carbonyl (C=O) groups is 2. The van der Waals surface area contributed by atoms with Crippen molar-refractivity contribution in [2.45, 2.75) is 39.2 Å². The van der Waals surface area contributed by atoms with E-state index in [1.165, 1.54) is 11.1 Å². The molecule has 0 radical (unpaired) electrons. The second kappa shape index (κ2) is 7.92. The first kappa shape index (κ1) is 17.1. The molecule has 2 aromatic rings. The van der Waals surface area contributed by atoms with Gasteiger partial charge in [0, 0.05) is 18.3 Å². The number of aromatic nitrogens is 3. The van der Waals surface area contributed by atoms with Crippen LogP contribution in [0.15, 0.2) is 36.9 Å². The highest BCUT2D eigenvalue weighted by Gasteiger charge is 2.25. The predicted octanol–water partition coefficient (Wildman–Crippen LogP) is 2.68. The Morgan fingerprint density at radius 2 is 2.12 bits per heavy atom. The van der Waals surface area contributed by atoms with E-state index < -0.39 is 0 Å². The molecular formula is C18H23N5O2. The van der Waals surface area contributed by atoms with E-state index in [1.54, 1.807) is 36.9 Å². The first-order chi connectivity index (χ1) is 12.1. The molecule has 7 heteroatoms. The lowest BCUT2D eigenvalue weighted by molar-refractivity contribution is -0.121. The minimum absolute atomic E-state index is 0.0471. The number of nitrogens with one attached hydrogen (secondary N) is 2. The first-order valence-corrected chi connectivity index (χ1v) is 8.63. The van der Waals surface area contributed by atoms with Crippen LogP contribution in [0.2, 0.25) is 0 Å². The topological polar surface area (TPSA) is 88.9 Å². The Morgan fingerprint density at radius 3 is 2.88 bits per heavy atom. The van der Waals surface area contributed by atoms with Crippen molar-refractivity contribution < 1.29 is 9.59 Å².